The van der Waals surface area contributed by atoms with E-state index in [1.165, 1.54) is 24.8 Å². The highest BCUT2D eigenvalue weighted by Gasteiger charge is 2.42. The number of halogens is 3. The Morgan fingerprint density at radius 3 is 2.59 bits per heavy atom. The molecule has 2 aliphatic heterocycles. The van der Waals surface area contributed by atoms with Crippen molar-refractivity contribution in [2.45, 2.75) is 44.1 Å². The average molecular weight is 535 g/mol. The van der Waals surface area contributed by atoms with Crippen LogP contribution in [0.1, 0.15) is 46.8 Å². The molecule has 6 rings (SSSR count). The summed E-state index contributed by atoms with van der Waals surface area (Å²) in [6.45, 7) is -0.0626. The number of benzene rings is 2. The summed E-state index contributed by atoms with van der Waals surface area (Å²) in [5, 5.41) is 0.347. The number of ether oxygens (including phenoxy) is 1. The smallest absolute Gasteiger partial charge is 0.433 e. The predicted octanol–water partition coefficient (Wildman–Crippen LogP) is 5.84. The van der Waals surface area contributed by atoms with Crippen molar-refractivity contribution in [1.82, 2.24) is 14.9 Å². The van der Waals surface area contributed by atoms with Gasteiger partial charge in [0.15, 0.2) is 11.5 Å². The third kappa shape index (κ3) is 4.34. The molecule has 4 aromatic rings. The van der Waals surface area contributed by atoms with Crippen LogP contribution in [0.25, 0.3) is 27.9 Å². The Hall–Kier alpha value is -4.18. The molecular weight excluding hydrogens is 509 g/mol. The fourth-order valence-corrected chi connectivity index (χ4v) is 5.61. The van der Waals surface area contributed by atoms with Crippen molar-refractivity contribution < 1.29 is 27.1 Å². The van der Waals surface area contributed by atoms with Crippen molar-refractivity contribution >= 4 is 22.4 Å². The molecule has 7 nitrogen and oxygen atoms in total. The Balaban J connectivity index is 1.38. The van der Waals surface area contributed by atoms with Crippen LogP contribution in [0.5, 0.6) is 5.75 Å². The monoisotopic (exact) mass is 534 g/mol. The number of fused-ring (bicyclic) bond motifs is 3. The van der Waals surface area contributed by atoms with Crippen LogP contribution >= 0.6 is 0 Å². The molecule has 2 N–H and O–H groups in total. The maximum absolute atomic E-state index is 13.8. The first-order valence-electron chi connectivity index (χ1n) is 12.6. The number of methoxy groups -OCH3 is 1. The van der Waals surface area contributed by atoms with Crippen LogP contribution in [0.15, 0.2) is 65.1 Å². The molecule has 2 atom stereocenters. The van der Waals surface area contributed by atoms with Gasteiger partial charge in [0.05, 0.1) is 19.7 Å². The highest BCUT2D eigenvalue weighted by Crippen LogP contribution is 2.41. The van der Waals surface area contributed by atoms with E-state index in [1.807, 2.05) is 23.1 Å². The van der Waals surface area contributed by atoms with Crippen LogP contribution in [0.4, 0.5) is 13.2 Å². The van der Waals surface area contributed by atoms with Gasteiger partial charge in [0, 0.05) is 17.0 Å². The van der Waals surface area contributed by atoms with E-state index in [-0.39, 0.29) is 53.1 Å². The number of amides is 1. The van der Waals surface area contributed by atoms with Crippen molar-refractivity contribution in [3.63, 3.8) is 0 Å². The van der Waals surface area contributed by atoms with Gasteiger partial charge in [-0.05, 0) is 54.7 Å². The topological polar surface area (TPSA) is 94.5 Å². The van der Waals surface area contributed by atoms with E-state index >= 15 is 0 Å². The molecule has 0 saturated carbocycles. The lowest BCUT2D eigenvalue weighted by Crippen LogP contribution is -2.43. The largest absolute Gasteiger partial charge is 0.494 e. The van der Waals surface area contributed by atoms with E-state index in [4.69, 9.17) is 14.9 Å². The second kappa shape index (κ2) is 9.53. The molecule has 200 valence electrons. The van der Waals surface area contributed by atoms with Gasteiger partial charge in [-0.15, -0.1) is 0 Å². The molecule has 2 aliphatic rings. The minimum atomic E-state index is -4.62. The van der Waals surface area contributed by atoms with Gasteiger partial charge in [0.1, 0.15) is 17.0 Å². The molecule has 2 unspecified atom stereocenters. The number of carbonyl (C=O) groups excluding carboxylic acids is 1. The van der Waals surface area contributed by atoms with E-state index in [0.29, 0.717) is 10.9 Å². The molecule has 0 aliphatic carbocycles. The Bertz CT molecular complexity index is 1600. The third-order valence-corrected chi connectivity index (χ3v) is 7.42. The summed E-state index contributed by atoms with van der Waals surface area (Å²) in [5.74, 6) is 0.207. The minimum absolute atomic E-state index is 0.0119. The average Bonchev–Trinajstić information content (AvgIpc) is 3.49. The van der Waals surface area contributed by atoms with E-state index in [0.717, 1.165) is 30.9 Å². The fraction of sp³-hybridized carbons (Fsp3) is 0.276. The summed E-state index contributed by atoms with van der Waals surface area (Å²) in [5.41, 5.74) is 7.79. The first-order chi connectivity index (χ1) is 18.8. The minimum Gasteiger partial charge on any atom is -0.494 e. The SMILES string of the molecule is COc1ccc(-c2nc(C(=O)N3C4C=C(c5ccccc5)CC3CC4)c(CN)o2)c2ccc(C(F)(F)F)nc12. The number of rotatable bonds is 5. The van der Waals surface area contributed by atoms with Gasteiger partial charge in [-0.2, -0.15) is 13.2 Å². The van der Waals surface area contributed by atoms with Crippen molar-refractivity contribution in [2.75, 3.05) is 7.11 Å². The maximum atomic E-state index is 13.8. The van der Waals surface area contributed by atoms with Gasteiger partial charge < -0.3 is 19.8 Å². The lowest BCUT2D eigenvalue weighted by molar-refractivity contribution is -0.140. The van der Waals surface area contributed by atoms with Crippen molar-refractivity contribution in [2.24, 2.45) is 5.73 Å². The van der Waals surface area contributed by atoms with Crippen LogP contribution in [0.3, 0.4) is 0 Å². The van der Waals surface area contributed by atoms with Gasteiger partial charge in [-0.1, -0.05) is 36.4 Å². The molecule has 39 heavy (non-hydrogen) atoms. The van der Waals surface area contributed by atoms with E-state index in [9.17, 15) is 18.0 Å². The van der Waals surface area contributed by atoms with Crippen LogP contribution in [-0.2, 0) is 12.7 Å². The normalized spacial score (nSPS) is 18.9. The van der Waals surface area contributed by atoms with Crippen LogP contribution in [-0.4, -0.2) is 40.0 Å². The van der Waals surface area contributed by atoms with E-state index in [1.54, 1.807) is 6.07 Å². The Labute approximate surface area is 222 Å². The molecule has 1 fully saturated rings. The Kier molecular flexibility index (Phi) is 6.14. The number of nitrogens with zero attached hydrogens (tertiary/aromatic N) is 3. The van der Waals surface area contributed by atoms with Crippen molar-refractivity contribution in [3.05, 3.63) is 83.4 Å². The standard InChI is InChI=1S/C29H25F3N4O3/c1-38-22-11-9-21(20-10-12-24(29(30,31)32)34-25(20)22)27-35-26(23(15-33)39-27)28(37)36-18-7-8-19(36)14-17(13-18)16-5-3-2-4-6-16/h2-6,9-13,18-19H,7-8,14-15,33H2,1H3. The number of hydrogen-bond donors (Lipinski definition) is 1. The lowest BCUT2D eigenvalue weighted by Gasteiger charge is -2.33. The fourth-order valence-electron chi connectivity index (χ4n) is 5.61. The van der Waals surface area contributed by atoms with Crippen LogP contribution in [0.2, 0.25) is 0 Å². The Morgan fingerprint density at radius 1 is 1.10 bits per heavy atom. The molecule has 1 amide bonds. The Morgan fingerprint density at radius 2 is 1.90 bits per heavy atom. The third-order valence-electron chi connectivity index (χ3n) is 7.42. The molecule has 2 aromatic heterocycles. The number of alkyl halides is 3. The summed E-state index contributed by atoms with van der Waals surface area (Å²) in [6.07, 6.45) is 0.00695. The molecule has 2 aromatic carbocycles. The zero-order valence-corrected chi connectivity index (χ0v) is 21.0. The van der Waals surface area contributed by atoms with Gasteiger partial charge in [0.25, 0.3) is 5.91 Å². The first kappa shape index (κ1) is 25.1. The van der Waals surface area contributed by atoms with Gasteiger partial charge in [-0.3, -0.25) is 4.79 Å². The molecule has 10 heteroatoms. The van der Waals surface area contributed by atoms with E-state index in [2.05, 4.69) is 28.2 Å². The van der Waals surface area contributed by atoms with Gasteiger partial charge in [-0.25, -0.2) is 9.97 Å². The number of aromatic nitrogens is 2. The molecule has 4 heterocycles. The quantitative estimate of drug-likeness (QED) is 0.346. The highest BCUT2D eigenvalue weighted by atomic mass is 19.4. The number of nitrogens with two attached hydrogens (primary N) is 1. The molecule has 1 saturated heterocycles. The number of oxazole rings is 1. The highest BCUT2D eigenvalue weighted by molar-refractivity contribution is 5.98. The number of carbonyl (C=O) groups is 1. The summed E-state index contributed by atoms with van der Waals surface area (Å²) in [7, 11) is 1.36. The second-order valence-electron chi connectivity index (χ2n) is 9.67. The molecular formula is C29H25F3N4O3. The zero-order valence-electron chi connectivity index (χ0n) is 21.0. The second-order valence-corrected chi connectivity index (χ2v) is 9.67. The zero-order chi connectivity index (χ0) is 27.3. The molecule has 2 bridgehead atoms. The first-order valence-corrected chi connectivity index (χ1v) is 12.6. The summed E-state index contributed by atoms with van der Waals surface area (Å²) in [4.78, 5) is 24.0. The number of pyridine rings is 1. The van der Waals surface area contributed by atoms with Crippen molar-refractivity contribution in [1.29, 1.82) is 0 Å². The lowest BCUT2D eigenvalue weighted by atomic mass is 9.94. The van der Waals surface area contributed by atoms with Crippen LogP contribution in [0, 0.1) is 0 Å². The number of hydrogen-bond acceptors (Lipinski definition) is 6. The maximum Gasteiger partial charge on any atom is 0.433 e. The van der Waals surface area contributed by atoms with Crippen LogP contribution < -0.4 is 10.5 Å². The predicted molar refractivity (Wildman–Crippen MR) is 139 cm³/mol. The van der Waals surface area contributed by atoms with E-state index < -0.39 is 11.9 Å². The molecule has 0 radical (unpaired) electrons. The van der Waals surface area contributed by atoms with Gasteiger partial charge in [0.2, 0.25) is 5.89 Å². The summed E-state index contributed by atoms with van der Waals surface area (Å²) >= 11 is 0. The molecule has 0 spiro atoms. The summed E-state index contributed by atoms with van der Waals surface area (Å²) < 4.78 is 51.2. The van der Waals surface area contributed by atoms with Crippen molar-refractivity contribution in [3.8, 4) is 17.2 Å². The summed E-state index contributed by atoms with van der Waals surface area (Å²) in [6, 6.07) is 15.4. The van der Waals surface area contributed by atoms with Gasteiger partial charge >= 0.3 is 6.18 Å².